The van der Waals surface area contributed by atoms with Crippen LogP contribution in [-0.2, 0) is 9.59 Å². The number of nitrogens with one attached hydrogen (secondary N) is 3. The Balaban J connectivity index is 0.00000264. The first-order valence-corrected chi connectivity index (χ1v) is 7.61. The monoisotopic (exact) mass is 341 g/mol. The SMILES string of the molecule is CC(=O)Nc1cccc(OCCNC(=O)CNCC2CC2)c1.Cl. The number of carbonyl (C=O) groups excluding carboxylic acids is 2. The zero-order chi connectivity index (χ0) is 15.8. The fourth-order valence-electron chi connectivity index (χ4n) is 2.00. The van der Waals surface area contributed by atoms with Gasteiger partial charge in [0.05, 0.1) is 13.1 Å². The van der Waals surface area contributed by atoms with E-state index in [1.807, 2.05) is 6.07 Å². The van der Waals surface area contributed by atoms with Gasteiger partial charge in [0.25, 0.3) is 0 Å². The molecule has 128 valence electrons. The van der Waals surface area contributed by atoms with Crippen LogP contribution in [0.1, 0.15) is 19.8 Å². The predicted octanol–water partition coefficient (Wildman–Crippen LogP) is 1.56. The molecule has 7 heteroatoms. The molecule has 1 fully saturated rings. The molecule has 23 heavy (non-hydrogen) atoms. The first-order chi connectivity index (χ1) is 10.6. The second-order valence-corrected chi connectivity index (χ2v) is 5.48. The molecule has 0 aliphatic heterocycles. The smallest absolute Gasteiger partial charge is 0.234 e. The van der Waals surface area contributed by atoms with Crippen molar-refractivity contribution in [3.8, 4) is 5.75 Å². The van der Waals surface area contributed by atoms with Crippen LogP contribution in [0.15, 0.2) is 24.3 Å². The first-order valence-electron chi connectivity index (χ1n) is 7.61. The van der Waals surface area contributed by atoms with Gasteiger partial charge >= 0.3 is 0 Å². The molecular weight excluding hydrogens is 318 g/mol. The van der Waals surface area contributed by atoms with E-state index in [9.17, 15) is 9.59 Å². The summed E-state index contributed by atoms with van der Waals surface area (Å²) in [5.41, 5.74) is 0.693. The average molecular weight is 342 g/mol. The van der Waals surface area contributed by atoms with E-state index in [4.69, 9.17) is 4.74 Å². The van der Waals surface area contributed by atoms with Gasteiger partial charge in [0.15, 0.2) is 0 Å². The molecular formula is C16H24ClN3O3. The zero-order valence-electron chi connectivity index (χ0n) is 13.3. The number of ether oxygens (including phenoxy) is 1. The summed E-state index contributed by atoms with van der Waals surface area (Å²) < 4.78 is 5.54. The van der Waals surface area contributed by atoms with Crippen molar-refractivity contribution in [3.05, 3.63) is 24.3 Å². The average Bonchev–Trinajstić information content (AvgIpc) is 3.27. The molecule has 6 nitrogen and oxygen atoms in total. The normalized spacial score (nSPS) is 12.9. The largest absolute Gasteiger partial charge is 0.492 e. The maximum Gasteiger partial charge on any atom is 0.234 e. The molecule has 3 N–H and O–H groups in total. The third kappa shape index (κ3) is 8.42. The summed E-state index contributed by atoms with van der Waals surface area (Å²) in [5, 5.41) is 8.63. The van der Waals surface area contributed by atoms with Gasteiger partial charge in [-0.25, -0.2) is 0 Å². The summed E-state index contributed by atoms with van der Waals surface area (Å²) in [6.45, 7) is 3.58. The standard InChI is InChI=1S/C16H23N3O3.ClH/c1-12(20)19-14-3-2-4-15(9-14)22-8-7-18-16(21)11-17-10-13-5-6-13;/h2-4,9,13,17H,5-8,10-11H2,1H3,(H,18,21)(H,19,20);1H. The lowest BCUT2D eigenvalue weighted by Crippen LogP contribution is -2.36. The van der Waals surface area contributed by atoms with Crippen LogP contribution in [0, 0.1) is 5.92 Å². The third-order valence-corrected chi connectivity index (χ3v) is 3.26. The molecule has 0 radical (unpaired) electrons. The third-order valence-electron chi connectivity index (χ3n) is 3.26. The Hall–Kier alpha value is -1.79. The Morgan fingerprint density at radius 3 is 2.78 bits per heavy atom. The predicted molar refractivity (Wildman–Crippen MR) is 92.1 cm³/mol. The first kappa shape index (κ1) is 19.3. The number of carbonyl (C=O) groups is 2. The molecule has 1 aliphatic rings. The Morgan fingerprint density at radius 2 is 2.09 bits per heavy atom. The van der Waals surface area contributed by atoms with Crippen molar-refractivity contribution >= 4 is 29.9 Å². The zero-order valence-corrected chi connectivity index (χ0v) is 14.1. The van der Waals surface area contributed by atoms with E-state index in [1.54, 1.807) is 18.2 Å². The van der Waals surface area contributed by atoms with Gasteiger partial charge in [-0.2, -0.15) is 0 Å². The molecule has 2 amide bonds. The van der Waals surface area contributed by atoms with E-state index in [0.717, 1.165) is 12.5 Å². The molecule has 0 aromatic heterocycles. The summed E-state index contributed by atoms with van der Waals surface area (Å²) in [4.78, 5) is 22.5. The molecule has 0 heterocycles. The highest BCUT2D eigenvalue weighted by Gasteiger charge is 2.20. The number of halogens is 1. The molecule has 0 spiro atoms. The Labute approximate surface area is 142 Å². The van der Waals surface area contributed by atoms with Crippen LogP contribution in [0.25, 0.3) is 0 Å². The van der Waals surface area contributed by atoms with Crippen molar-refractivity contribution in [2.45, 2.75) is 19.8 Å². The Kier molecular flexibility index (Phi) is 8.43. The molecule has 0 bridgehead atoms. The lowest BCUT2D eigenvalue weighted by atomic mass is 10.3. The van der Waals surface area contributed by atoms with Gasteiger partial charge in [-0.05, 0) is 37.4 Å². The van der Waals surface area contributed by atoms with Gasteiger partial charge in [-0.15, -0.1) is 12.4 Å². The lowest BCUT2D eigenvalue weighted by Gasteiger charge is -2.09. The van der Waals surface area contributed by atoms with E-state index in [-0.39, 0.29) is 24.2 Å². The quantitative estimate of drug-likeness (QED) is 0.596. The minimum Gasteiger partial charge on any atom is -0.492 e. The summed E-state index contributed by atoms with van der Waals surface area (Å²) in [6, 6.07) is 7.16. The minimum atomic E-state index is -0.122. The van der Waals surface area contributed by atoms with Crippen LogP contribution in [0.5, 0.6) is 5.75 Å². The topological polar surface area (TPSA) is 79.5 Å². The van der Waals surface area contributed by atoms with Crippen LogP contribution in [-0.4, -0.2) is 38.1 Å². The van der Waals surface area contributed by atoms with E-state index >= 15 is 0 Å². The van der Waals surface area contributed by atoms with Crippen molar-refractivity contribution in [2.24, 2.45) is 5.92 Å². The van der Waals surface area contributed by atoms with Gasteiger partial charge in [-0.3, -0.25) is 9.59 Å². The number of benzene rings is 1. The van der Waals surface area contributed by atoms with Gasteiger partial charge in [0, 0.05) is 18.7 Å². The molecule has 1 aliphatic carbocycles. The van der Waals surface area contributed by atoms with E-state index in [0.29, 0.717) is 31.1 Å². The van der Waals surface area contributed by atoms with Crippen LogP contribution in [0.2, 0.25) is 0 Å². The van der Waals surface area contributed by atoms with Crippen molar-refractivity contribution in [2.75, 3.05) is 31.6 Å². The van der Waals surface area contributed by atoms with Crippen LogP contribution < -0.4 is 20.7 Å². The van der Waals surface area contributed by atoms with Crippen LogP contribution >= 0.6 is 12.4 Å². The van der Waals surface area contributed by atoms with E-state index in [1.165, 1.54) is 19.8 Å². The second kappa shape index (κ2) is 10.1. The molecule has 0 saturated heterocycles. The fraction of sp³-hybridized carbons (Fsp3) is 0.500. The minimum absolute atomic E-state index is 0. The Bertz CT molecular complexity index is 521. The number of hydrogen-bond acceptors (Lipinski definition) is 4. The summed E-state index contributed by atoms with van der Waals surface area (Å²) in [5.74, 6) is 1.29. The lowest BCUT2D eigenvalue weighted by molar-refractivity contribution is -0.120. The molecule has 1 aromatic carbocycles. The summed E-state index contributed by atoms with van der Waals surface area (Å²) in [6.07, 6.45) is 2.56. The van der Waals surface area contributed by atoms with Gasteiger partial charge in [0.1, 0.15) is 12.4 Å². The summed E-state index contributed by atoms with van der Waals surface area (Å²) in [7, 11) is 0. The second-order valence-electron chi connectivity index (χ2n) is 5.48. The highest BCUT2D eigenvalue weighted by Crippen LogP contribution is 2.27. The number of hydrogen-bond donors (Lipinski definition) is 3. The Morgan fingerprint density at radius 1 is 1.30 bits per heavy atom. The molecule has 0 atom stereocenters. The molecule has 1 aromatic rings. The van der Waals surface area contributed by atoms with E-state index < -0.39 is 0 Å². The van der Waals surface area contributed by atoms with E-state index in [2.05, 4.69) is 16.0 Å². The number of anilines is 1. The van der Waals surface area contributed by atoms with Gasteiger partial charge < -0.3 is 20.7 Å². The highest BCUT2D eigenvalue weighted by atomic mass is 35.5. The van der Waals surface area contributed by atoms with Gasteiger partial charge in [0.2, 0.25) is 11.8 Å². The van der Waals surface area contributed by atoms with Gasteiger partial charge in [-0.1, -0.05) is 6.07 Å². The van der Waals surface area contributed by atoms with Crippen molar-refractivity contribution in [1.82, 2.24) is 10.6 Å². The van der Waals surface area contributed by atoms with Crippen LogP contribution in [0.4, 0.5) is 5.69 Å². The maximum absolute atomic E-state index is 11.6. The van der Waals surface area contributed by atoms with Crippen molar-refractivity contribution < 1.29 is 14.3 Å². The molecule has 0 unspecified atom stereocenters. The summed E-state index contributed by atoms with van der Waals surface area (Å²) >= 11 is 0. The maximum atomic E-state index is 11.6. The van der Waals surface area contributed by atoms with Crippen molar-refractivity contribution in [3.63, 3.8) is 0 Å². The van der Waals surface area contributed by atoms with Crippen LogP contribution in [0.3, 0.4) is 0 Å². The highest BCUT2D eigenvalue weighted by molar-refractivity contribution is 5.88. The number of rotatable bonds is 9. The molecule has 1 saturated carbocycles. The number of amides is 2. The van der Waals surface area contributed by atoms with Crippen molar-refractivity contribution in [1.29, 1.82) is 0 Å². The fourth-order valence-corrected chi connectivity index (χ4v) is 2.00. The molecule has 2 rings (SSSR count).